The molecule has 4 nitrogen and oxygen atoms in total. The molecular weight excluding hydrogens is 398 g/mol. The van der Waals surface area contributed by atoms with E-state index in [1.807, 2.05) is 30.3 Å². The molecule has 1 aromatic heterocycles. The molecule has 0 saturated carbocycles. The van der Waals surface area contributed by atoms with Gasteiger partial charge in [-0.15, -0.1) is 35.5 Å². The number of halogens is 1. The van der Waals surface area contributed by atoms with Crippen molar-refractivity contribution >= 4 is 46.4 Å². The number of carbonyl (C=O) groups excluding carboxylic acids is 1. The first kappa shape index (κ1) is 21.8. The van der Waals surface area contributed by atoms with Crippen LogP contribution < -0.4 is 5.32 Å². The van der Waals surface area contributed by atoms with E-state index in [2.05, 4.69) is 30.1 Å². The number of benzene rings is 1. The molecule has 144 valence electrons. The number of rotatable bonds is 6. The topological polar surface area (TPSA) is 56.1 Å². The quantitative estimate of drug-likeness (QED) is 0.672. The minimum atomic E-state index is -0.0238. The van der Waals surface area contributed by atoms with Crippen molar-refractivity contribution in [1.29, 1.82) is 5.26 Å². The molecular formula is C20H24ClN3OS2. The fourth-order valence-electron chi connectivity index (χ4n) is 3.04. The Bertz CT molecular complexity index is 815. The van der Waals surface area contributed by atoms with Crippen LogP contribution in [0.2, 0.25) is 0 Å². The molecule has 0 spiro atoms. The van der Waals surface area contributed by atoms with E-state index < -0.39 is 0 Å². The number of nitrogens with zero attached hydrogens (tertiary/aromatic N) is 2. The highest BCUT2D eigenvalue weighted by atomic mass is 35.5. The van der Waals surface area contributed by atoms with Gasteiger partial charge in [0.25, 0.3) is 0 Å². The van der Waals surface area contributed by atoms with Gasteiger partial charge in [0.15, 0.2) is 0 Å². The van der Waals surface area contributed by atoms with Gasteiger partial charge in [0.1, 0.15) is 11.1 Å². The molecule has 7 heteroatoms. The molecule has 0 saturated heterocycles. The minimum Gasteiger partial charge on any atom is -0.317 e. The second kappa shape index (κ2) is 10.1. The maximum atomic E-state index is 12.3. The lowest BCUT2D eigenvalue weighted by Gasteiger charge is -2.30. The smallest absolute Gasteiger partial charge is 0.225 e. The molecule has 0 unspecified atom stereocenters. The van der Waals surface area contributed by atoms with Gasteiger partial charge in [-0.1, -0.05) is 18.2 Å². The van der Waals surface area contributed by atoms with Gasteiger partial charge < -0.3 is 5.32 Å². The zero-order chi connectivity index (χ0) is 18.5. The summed E-state index contributed by atoms with van der Waals surface area (Å²) >= 11 is 3.23. The van der Waals surface area contributed by atoms with Crippen LogP contribution in [0.5, 0.6) is 0 Å². The number of carbonyl (C=O) groups is 1. The zero-order valence-electron chi connectivity index (χ0n) is 15.5. The summed E-state index contributed by atoms with van der Waals surface area (Å²) in [5, 5.41) is 13.3. The third-order valence-corrected chi connectivity index (χ3v) is 6.67. The van der Waals surface area contributed by atoms with E-state index in [1.54, 1.807) is 23.1 Å². The Kier molecular flexibility index (Phi) is 8.18. The molecule has 1 N–H and O–H groups in total. The summed E-state index contributed by atoms with van der Waals surface area (Å²) < 4.78 is 0. The van der Waals surface area contributed by atoms with Crippen molar-refractivity contribution in [3.63, 3.8) is 0 Å². The number of thioether (sulfide) groups is 1. The highest BCUT2D eigenvalue weighted by Crippen LogP contribution is 2.37. The fourth-order valence-corrected chi connectivity index (χ4v) is 5.15. The predicted octanol–water partition coefficient (Wildman–Crippen LogP) is 4.93. The van der Waals surface area contributed by atoms with Crippen LogP contribution in [0.3, 0.4) is 0 Å². The van der Waals surface area contributed by atoms with Crippen molar-refractivity contribution in [2.75, 3.05) is 17.6 Å². The summed E-state index contributed by atoms with van der Waals surface area (Å²) in [5.41, 5.74) is 1.79. The molecule has 2 aromatic rings. The van der Waals surface area contributed by atoms with E-state index in [4.69, 9.17) is 0 Å². The minimum absolute atomic E-state index is 0. The van der Waals surface area contributed by atoms with Gasteiger partial charge in [-0.05, 0) is 38.0 Å². The Morgan fingerprint density at radius 2 is 2.11 bits per heavy atom. The highest BCUT2D eigenvalue weighted by molar-refractivity contribution is 7.99. The third kappa shape index (κ3) is 5.49. The van der Waals surface area contributed by atoms with Crippen LogP contribution in [0, 0.1) is 11.3 Å². The third-order valence-electron chi connectivity index (χ3n) is 4.52. The Labute approximate surface area is 175 Å². The van der Waals surface area contributed by atoms with Gasteiger partial charge in [0.2, 0.25) is 5.91 Å². The van der Waals surface area contributed by atoms with Crippen LogP contribution >= 0.6 is 35.5 Å². The van der Waals surface area contributed by atoms with Gasteiger partial charge in [-0.3, -0.25) is 9.69 Å². The van der Waals surface area contributed by atoms with Gasteiger partial charge in [0.05, 0.1) is 5.56 Å². The summed E-state index contributed by atoms with van der Waals surface area (Å²) in [6.45, 7) is 6.22. The molecule has 27 heavy (non-hydrogen) atoms. The van der Waals surface area contributed by atoms with E-state index in [0.717, 1.165) is 35.8 Å². The molecule has 1 amide bonds. The summed E-state index contributed by atoms with van der Waals surface area (Å²) in [6, 6.07) is 12.9. The second-order valence-electron chi connectivity index (χ2n) is 6.59. The van der Waals surface area contributed by atoms with Gasteiger partial charge in [-0.2, -0.15) is 5.26 Å². The summed E-state index contributed by atoms with van der Waals surface area (Å²) in [4.78, 5) is 17.1. The number of anilines is 1. The normalized spacial score (nSPS) is 13.6. The number of amides is 1. The van der Waals surface area contributed by atoms with E-state index in [-0.39, 0.29) is 18.3 Å². The van der Waals surface area contributed by atoms with Crippen molar-refractivity contribution in [3.05, 3.63) is 46.3 Å². The monoisotopic (exact) mass is 421 g/mol. The molecule has 1 aliphatic rings. The van der Waals surface area contributed by atoms with Crippen molar-refractivity contribution in [1.82, 2.24) is 4.90 Å². The largest absolute Gasteiger partial charge is 0.317 e. The second-order valence-corrected chi connectivity index (χ2v) is 8.87. The van der Waals surface area contributed by atoms with Crippen molar-refractivity contribution in [3.8, 4) is 6.07 Å². The maximum Gasteiger partial charge on any atom is 0.225 e. The number of hydrogen-bond donors (Lipinski definition) is 1. The lowest BCUT2D eigenvalue weighted by Crippen LogP contribution is -2.35. The molecule has 0 aliphatic carbocycles. The van der Waals surface area contributed by atoms with Crippen molar-refractivity contribution in [2.24, 2.45) is 0 Å². The van der Waals surface area contributed by atoms with Crippen LogP contribution in [0.15, 0.2) is 35.2 Å². The molecule has 3 rings (SSSR count). The SMILES string of the molecule is CC(C)N1CCc2c(sc(NC(=O)CCSc3ccccc3)c2C#N)C1.Cl. The Hall–Kier alpha value is -1.52. The molecule has 1 aromatic carbocycles. The van der Waals surface area contributed by atoms with Gasteiger partial charge in [-0.25, -0.2) is 0 Å². The summed E-state index contributed by atoms with van der Waals surface area (Å²) in [6.07, 6.45) is 1.32. The van der Waals surface area contributed by atoms with Crippen LogP contribution in [-0.2, 0) is 17.8 Å². The first-order valence-corrected chi connectivity index (χ1v) is 10.6. The Balaban J connectivity index is 0.00000261. The molecule has 2 heterocycles. The average Bonchev–Trinajstić information content (AvgIpc) is 2.98. The van der Waals surface area contributed by atoms with Crippen LogP contribution in [0.25, 0.3) is 0 Å². The molecule has 0 fully saturated rings. The number of thiophene rings is 1. The molecule has 0 atom stereocenters. The number of nitriles is 1. The Morgan fingerprint density at radius 1 is 1.37 bits per heavy atom. The van der Waals surface area contributed by atoms with E-state index in [9.17, 15) is 10.1 Å². The lowest BCUT2D eigenvalue weighted by molar-refractivity contribution is -0.115. The van der Waals surface area contributed by atoms with E-state index >= 15 is 0 Å². The van der Waals surface area contributed by atoms with Gasteiger partial charge >= 0.3 is 0 Å². The first-order valence-electron chi connectivity index (χ1n) is 8.85. The Morgan fingerprint density at radius 3 is 2.78 bits per heavy atom. The van der Waals surface area contributed by atoms with E-state index in [0.29, 0.717) is 18.0 Å². The highest BCUT2D eigenvalue weighted by Gasteiger charge is 2.26. The van der Waals surface area contributed by atoms with Crippen LogP contribution in [0.1, 0.15) is 36.3 Å². The molecule has 1 aliphatic heterocycles. The first-order chi connectivity index (χ1) is 12.6. The van der Waals surface area contributed by atoms with E-state index in [1.165, 1.54) is 9.77 Å². The summed E-state index contributed by atoms with van der Waals surface area (Å²) in [5.74, 6) is 0.702. The fraction of sp³-hybridized carbons (Fsp3) is 0.400. The van der Waals surface area contributed by atoms with Crippen LogP contribution in [0.4, 0.5) is 5.00 Å². The van der Waals surface area contributed by atoms with Crippen molar-refractivity contribution in [2.45, 2.75) is 44.2 Å². The zero-order valence-corrected chi connectivity index (χ0v) is 18.0. The molecule has 0 bridgehead atoms. The summed E-state index contributed by atoms with van der Waals surface area (Å²) in [7, 11) is 0. The number of nitrogens with one attached hydrogen (secondary N) is 1. The average molecular weight is 422 g/mol. The lowest BCUT2D eigenvalue weighted by atomic mass is 10.0. The maximum absolute atomic E-state index is 12.3. The van der Waals surface area contributed by atoms with Crippen molar-refractivity contribution < 1.29 is 4.79 Å². The standard InChI is InChI=1S/C20H23N3OS2.ClH/c1-14(2)23-10-8-16-17(12-21)20(26-18(16)13-23)22-19(24)9-11-25-15-6-4-3-5-7-15;/h3-7,14H,8-11,13H2,1-2H3,(H,22,24);1H. The van der Waals surface area contributed by atoms with Gasteiger partial charge in [0, 0.05) is 41.1 Å². The molecule has 0 radical (unpaired) electrons. The number of fused-ring (bicyclic) bond motifs is 1. The van der Waals surface area contributed by atoms with Crippen LogP contribution in [-0.4, -0.2) is 29.1 Å². The predicted molar refractivity (Wildman–Crippen MR) is 116 cm³/mol. The number of hydrogen-bond acceptors (Lipinski definition) is 5.